The zero-order valence-electron chi connectivity index (χ0n) is 16.5. The maximum atomic E-state index is 12.1. The summed E-state index contributed by atoms with van der Waals surface area (Å²) >= 11 is 6.18. The van der Waals surface area contributed by atoms with E-state index >= 15 is 0 Å². The first-order valence-corrected chi connectivity index (χ1v) is 9.37. The lowest BCUT2D eigenvalue weighted by molar-refractivity contribution is -0.117. The molecule has 0 heterocycles. The van der Waals surface area contributed by atoms with Crippen LogP contribution in [0.4, 0.5) is 0 Å². The molecule has 0 aliphatic carbocycles. The van der Waals surface area contributed by atoms with Crippen molar-refractivity contribution in [2.24, 2.45) is 0 Å². The minimum atomic E-state index is -0.505. The summed E-state index contributed by atoms with van der Waals surface area (Å²) in [5.41, 5.74) is 5.70. The Morgan fingerprint density at radius 1 is 1.03 bits per heavy atom. The van der Waals surface area contributed by atoms with Crippen molar-refractivity contribution >= 4 is 29.5 Å². The van der Waals surface area contributed by atoms with Crippen LogP contribution >= 0.6 is 11.6 Å². The standard InChI is InChI=1S/C21H23ClN2O5/c1-4-28-16-9-7-15(8-10-16)21(26)24-23-19(25)11-6-14-12-17(22)20(27-3)18(13-14)29-5-2/h6-13H,4-5H2,1-3H3,(H,23,25)(H,24,26)/b11-6+. The van der Waals surface area contributed by atoms with Gasteiger partial charge in [0, 0.05) is 11.6 Å². The lowest BCUT2D eigenvalue weighted by atomic mass is 10.2. The summed E-state index contributed by atoms with van der Waals surface area (Å²) in [6.45, 7) is 4.70. The second-order valence-electron chi connectivity index (χ2n) is 5.70. The van der Waals surface area contributed by atoms with Gasteiger partial charge in [0.1, 0.15) is 5.75 Å². The van der Waals surface area contributed by atoms with E-state index < -0.39 is 11.8 Å². The van der Waals surface area contributed by atoms with Crippen molar-refractivity contribution < 1.29 is 23.8 Å². The Kier molecular flexibility index (Phi) is 8.36. The molecule has 0 aromatic heterocycles. The lowest BCUT2D eigenvalue weighted by Gasteiger charge is -2.11. The maximum absolute atomic E-state index is 12.1. The van der Waals surface area contributed by atoms with E-state index in [4.69, 9.17) is 25.8 Å². The number of carbonyl (C=O) groups is 2. The number of halogens is 1. The first kappa shape index (κ1) is 22.1. The van der Waals surface area contributed by atoms with Gasteiger partial charge in [0.25, 0.3) is 11.8 Å². The van der Waals surface area contributed by atoms with Gasteiger partial charge in [0.15, 0.2) is 11.5 Å². The van der Waals surface area contributed by atoms with Gasteiger partial charge in [-0.3, -0.25) is 20.4 Å². The van der Waals surface area contributed by atoms with Crippen molar-refractivity contribution in [2.75, 3.05) is 20.3 Å². The molecule has 7 nitrogen and oxygen atoms in total. The molecule has 0 unspecified atom stereocenters. The van der Waals surface area contributed by atoms with Crippen LogP contribution < -0.4 is 25.1 Å². The summed E-state index contributed by atoms with van der Waals surface area (Å²) in [5, 5.41) is 0.363. The van der Waals surface area contributed by atoms with Crippen molar-refractivity contribution in [1.82, 2.24) is 10.9 Å². The van der Waals surface area contributed by atoms with Gasteiger partial charge in [-0.15, -0.1) is 0 Å². The van der Waals surface area contributed by atoms with Crippen LogP contribution in [0.25, 0.3) is 6.08 Å². The molecule has 0 atom stereocenters. The van der Waals surface area contributed by atoms with Crippen molar-refractivity contribution in [1.29, 1.82) is 0 Å². The molecule has 0 saturated heterocycles. The fourth-order valence-electron chi connectivity index (χ4n) is 2.42. The highest BCUT2D eigenvalue weighted by molar-refractivity contribution is 6.32. The minimum Gasteiger partial charge on any atom is -0.494 e. The van der Waals surface area contributed by atoms with E-state index in [0.717, 1.165) is 0 Å². The molecular weight excluding hydrogens is 396 g/mol. The molecule has 0 aliphatic heterocycles. The lowest BCUT2D eigenvalue weighted by Crippen LogP contribution is -2.40. The van der Waals surface area contributed by atoms with E-state index in [-0.39, 0.29) is 0 Å². The molecule has 0 saturated carbocycles. The number of hydrogen-bond donors (Lipinski definition) is 2. The Labute approximate surface area is 174 Å². The van der Waals surface area contributed by atoms with Crippen LogP contribution in [0.1, 0.15) is 29.8 Å². The van der Waals surface area contributed by atoms with Gasteiger partial charge in [-0.25, -0.2) is 0 Å². The van der Waals surface area contributed by atoms with Crippen LogP contribution in [0.15, 0.2) is 42.5 Å². The third-order valence-electron chi connectivity index (χ3n) is 3.69. The van der Waals surface area contributed by atoms with Gasteiger partial charge >= 0.3 is 0 Å². The normalized spacial score (nSPS) is 10.5. The molecular formula is C21H23ClN2O5. The highest BCUT2D eigenvalue weighted by Crippen LogP contribution is 2.36. The SMILES string of the molecule is CCOc1ccc(C(=O)NNC(=O)/C=C/c2cc(Cl)c(OC)c(OCC)c2)cc1. The van der Waals surface area contributed by atoms with E-state index in [2.05, 4.69) is 10.9 Å². The van der Waals surface area contributed by atoms with Gasteiger partial charge in [-0.1, -0.05) is 11.6 Å². The Balaban J connectivity index is 1.96. The zero-order valence-corrected chi connectivity index (χ0v) is 17.2. The van der Waals surface area contributed by atoms with Crippen LogP contribution in [-0.2, 0) is 4.79 Å². The molecule has 29 heavy (non-hydrogen) atoms. The monoisotopic (exact) mass is 418 g/mol. The van der Waals surface area contributed by atoms with Crippen molar-refractivity contribution in [3.8, 4) is 17.2 Å². The Hall–Kier alpha value is -3.19. The number of hydrazine groups is 1. The third-order valence-corrected chi connectivity index (χ3v) is 3.97. The molecule has 154 valence electrons. The number of hydrogen-bond acceptors (Lipinski definition) is 5. The molecule has 2 rings (SSSR count). The average Bonchev–Trinajstić information content (AvgIpc) is 2.71. The molecule has 2 amide bonds. The molecule has 0 spiro atoms. The smallest absolute Gasteiger partial charge is 0.269 e. The van der Waals surface area contributed by atoms with E-state index in [0.29, 0.717) is 46.6 Å². The van der Waals surface area contributed by atoms with E-state index in [1.807, 2.05) is 13.8 Å². The average molecular weight is 419 g/mol. The molecule has 2 aromatic carbocycles. The summed E-state index contributed by atoms with van der Waals surface area (Å²) in [7, 11) is 1.50. The summed E-state index contributed by atoms with van der Waals surface area (Å²) in [6.07, 6.45) is 2.82. The number of methoxy groups -OCH3 is 1. The molecule has 0 fully saturated rings. The number of carbonyl (C=O) groups excluding carboxylic acids is 2. The van der Waals surface area contributed by atoms with Crippen LogP contribution in [0, 0.1) is 0 Å². The molecule has 2 aromatic rings. The molecule has 8 heteroatoms. The van der Waals surface area contributed by atoms with Crippen LogP contribution in [0.2, 0.25) is 5.02 Å². The second kappa shape index (κ2) is 11.0. The molecule has 0 radical (unpaired) electrons. The van der Waals surface area contributed by atoms with E-state index in [1.165, 1.54) is 13.2 Å². The van der Waals surface area contributed by atoms with Gasteiger partial charge in [-0.2, -0.15) is 0 Å². The number of nitrogens with one attached hydrogen (secondary N) is 2. The Morgan fingerprint density at radius 3 is 2.34 bits per heavy atom. The number of ether oxygens (including phenoxy) is 3. The summed E-state index contributed by atoms with van der Waals surface area (Å²) in [4.78, 5) is 24.1. The van der Waals surface area contributed by atoms with Crippen LogP contribution in [0.3, 0.4) is 0 Å². The minimum absolute atomic E-state index is 0.363. The largest absolute Gasteiger partial charge is 0.494 e. The predicted molar refractivity (Wildman–Crippen MR) is 111 cm³/mol. The van der Waals surface area contributed by atoms with Gasteiger partial charge in [-0.05, 0) is 61.9 Å². The first-order chi connectivity index (χ1) is 14.0. The Bertz CT molecular complexity index is 881. The quantitative estimate of drug-likeness (QED) is 0.505. The van der Waals surface area contributed by atoms with Crippen molar-refractivity contribution in [3.63, 3.8) is 0 Å². The van der Waals surface area contributed by atoms with E-state index in [9.17, 15) is 9.59 Å². The number of amides is 2. The van der Waals surface area contributed by atoms with Crippen molar-refractivity contribution in [3.05, 3.63) is 58.6 Å². The molecule has 2 N–H and O–H groups in total. The van der Waals surface area contributed by atoms with Crippen LogP contribution in [-0.4, -0.2) is 32.1 Å². The highest BCUT2D eigenvalue weighted by Gasteiger charge is 2.11. The maximum Gasteiger partial charge on any atom is 0.269 e. The zero-order chi connectivity index (χ0) is 21.2. The molecule has 0 bridgehead atoms. The van der Waals surface area contributed by atoms with E-state index in [1.54, 1.807) is 42.5 Å². The fraction of sp³-hybridized carbons (Fsp3) is 0.238. The summed E-state index contributed by atoms with van der Waals surface area (Å²) in [6, 6.07) is 9.93. The number of benzene rings is 2. The second-order valence-corrected chi connectivity index (χ2v) is 6.11. The fourth-order valence-corrected chi connectivity index (χ4v) is 2.71. The number of rotatable bonds is 8. The summed E-state index contributed by atoms with van der Waals surface area (Å²) in [5.74, 6) is 0.625. The van der Waals surface area contributed by atoms with Gasteiger partial charge in [0.05, 0.1) is 25.3 Å². The van der Waals surface area contributed by atoms with Crippen molar-refractivity contribution in [2.45, 2.75) is 13.8 Å². The van der Waals surface area contributed by atoms with Crippen LogP contribution in [0.5, 0.6) is 17.2 Å². The van der Waals surface area contributed by atoms with Gasteiger partial charge in [0.2, 0.25) is 0 Å². The third kappa shape index (κ3) is 6.43. The first-order valence-electron chi connectivity index (χ1n) is 9.00. The van der Waals surface area contributed by atoms with Gasteiger partial charge < -0.3 is 14.2 Å². The highest BCUT2D eigenvalue weighted by atomic mass is 35.5. The topological polar surface area (TPSA) is 85.9 Å². The molecule has 0 aliphatic rings. The predicted octanol–water partition coefficient (Wildman–Crippen LogP) is 3.62. The Morgan fingerprint density at radius 2 is 1.72 bits per heavy atom. The summed E-state index contributed by atoms with van der Waals surface area (Å²) < 4.78 is 16.0.